The predicted octanol–water partition coefficient (Wildman–Crippen LogP) is 2.29. The molecule has 0 spiro atoms. The molecule has 3 aromatic rings. The zero-order valence-electron chi connectivity index (χ0n) is 14.5. The second-order valence-electron chi connectivity index (χ2n) is 6.40. The van der Waals surface area contributed by atoms with Crippen LogP contribution in [0.25, 0.3) is 0 Å². The number of aromatic nitrogens is 3. The summed E-state index contributed by atoms with van der Waals surface area (Å²) in [6.07, 6.45) is 3.21. The molecule has 4 rings (SSSR count). The van der Waals surface area contributed by atoms with E-state index >= 15 is 0 Å². The summed E-state index contributed by atoms with van der Waals surface area (Å²) in [6, 6.07) is 18.1. The average Bonchev–Trinajstić information content (AvgIpc) is 3.22. The van der Waals surface area contributed by atoms with Crippen LogP contribution in [0.1, 0.15) is 15.9 Å². The molecule has 0 atom stereocenters. The van der Waals surface area contributed by atoms with Gasteiger partial charge in [0.1, 0.15) is 12.7 Å². The number of amides is 1. The Balaban J connectivity index is 1.36. The number of nitrogens with zero attached hydrogens (tertiary/aromatic N) is 5. The molecular weight excluding hydrogens is 326 g/mol. The van der Waals surface area contributed by atoms with E-state index in [2.05, 4.69) is 27.1 Å². The van der Waals surface area contributed by atoms with Crippen molar-refractivity contribution in [3.8, 4) is 0 Å². The van der Waals surface area contributed by atoms with Crippen LogP contribution in [0.3, 0.4) is 0 Å². The van der Waals surface area contributed by atoms with Gasteiger partial charge in [-0.3, -0.25) is 4.79 Å². The van der Waals surface area contributed by atoms with Gasteiger partial charge < -0.3 is 9.80 Å². The summed E-state index contributed by atoms with van der Waals surface area (Å²) in [5, 5.41) is 4.10. The lowest BCUT2D eigenvalue weighted by molar-refractivity contribution is 0.0747. The second-order valence-corrected chi connectivity index (χ2v) is 6.40. The molecule has 0 radical (unpaired) electrons. The lowest BCUT2D eigenvalue weighted by atomic mass is 10.1. The van der Waals surface area contributed by atoms with E-state index in [9.17, 15) is 4.79 Å². The largest absolute Gasteiger partial charge is 0.368 e. The van der Waals surface area contributed by atoms with E-state index in [0.29, 0.717) is 6.54 Å². The molecule has 1 amide bonds. The van der Waals surface area contributed by atoms with E-state index in [1.54, 1.807) is 11.0 Å². The fourth-order valence-electron chi connectivity index (χ4n) is 3.24. The van der Waals surface area contributed by atoms with Crippen LogP contribution in [0.4, 0.5) is 5.69 Å². The van der Waals surface area contributed by atoms with E-state index in [0.717, 1.165) is 37.3 Å². The summed E-state index contributed by atoms with van der Waals surface area (Å²) in [7, 11) is 0. The third-order valence-corrected chi connectivity index (χ3v) is 4.70. The van der Waals surface area contributed by atoms with Crippen LogP contribution < -0.4 is 4.90 Å². The monoisotopic (exact) mass is 347 g/mol. The first-order valence-corrected chi connectivity index (χ1v) is 8.80. The van der Waals surface area contributed by atoms with Crippen LogP contribution in [-0.2, 0) is 6.54 Å². The van der Waals surface area contributed by atoms with Gasteiger partial charge in [0, 0.05) is 37.4 Å². The standard InChI is InChI=1S/C20H21N5O/c26-20(18-8-6-17(7-9-18)14-25-16-21-15-22-25)24-12-10-23(11-13-24)19-4-2-1-3-5-19/h1-9,15-16H,10-14H2. The van der Waals surface area contributed by atoms with Gasteiger partial charge in [-0.2, -0.15) is 5.10 Å². The van der Waals surface area contributed by atoms with E-state index in [1.165, 1.54) is 12.0 Å². The van der Waals surface area contributed by atoms with Gasteiger partial charge in [0.25, 0.3) is 5.91 Å². The molecule has 0 unspecified atom stereocenters. The minimum Gasteiger partial charge on any atom is -0.368 e. The predicted molar refractivity (Wildman–Crippen MR) is 100 cm³/mol. The maximum atomic E-state index is 12.8. The highest BCUT2D eigenvalue weighted by molar-refractivity contribution is 5.94. The van der Waals surface area contributed by atoms with Gasteiger partial charge in [0.05, 0.1) is 6.54 Å². The molecule has 6 heteroatoms. The lowest BCUT2D eigenvalue weighted by Gasteiger charge is -2.36. The number of anilines is 1. The van der Waals surface area contributed by atoms with Crippen LogP contribution in [0.5, 0.6) is 0 Å². The second kappa shape index (κ2) is 7.39. The Hall–Kier alpha value is -3.15. The SMILES string of the molecule is O=C(c1ccc(Cn2cncn2)cc1)N1CCN(c2ccccc2)CC1. The average molecular weight is 347 g/mol. The maximum absolute atomic E-state index is 12.8. The summed E-state index contributed by atoms with van der Waals surface area (Å²) in [4.78, 5) is 21.0. The van der Waals surface area contributed by atoms with Crippen LogP contribution in [0.15, 0.2) is 67.3 Å². The molecule has 0 aliphatic carbocycles. The minimum absolute atomic E-state index is 0.102. The molecular formula is C20H21N5O. The molecule has 26 heavy (non-hydrogen) atoms. The molecule has 132 valence electrons. The van der Waals surface area contributed by atoms with E-state index in [-0.39, 0.29) is 5.91 Å². The number of benzene rings is 2. The maximum Gasteiger partial charge on any atom is 0.253 e. The van der Waals surface area contributed by atoms with E-state index in [4.69, 9.17) is 0 Å². The molecule has 0 bridgehead atoms. The number of hydrogen-bond donors (Lipinski definition) is 0. The number of para-hydroxylation sites is 1. The highest BCUT2D eigenvalue weighted by Crippen LogP contribution is 2.17. The van der Waals surface area contributed by atoms with Gasteiger partial charge in [-0.15, -0.1) is 0 Å². The first kappa shape index (κ1) is 16.3. The van der Waals surface area contributed by atoms with Crippen molar-refractivity contribution in [1.82, 2.24) is 19.7 Å². The summed E-state index contributed by atoms with van der Waals surface area (Å²) in [6.45, 7) is 3.87. The third kappa shape index (κ3) is 3.59. The Kier molecular flexibility index (Phi) is 4.64. The Labute approximate surface area is 152 Å². The minimum atomic E-state index is 0.102. The van der Waals surface area contributed by atoms with Crippen molar-refractivity contribution in [3.05, 3.63) is 78.4 Å². The van der Waals surface area contributed by atoms with Crippen molar-refractivity contribution in [1.29, 1.82) is 0 Å². The number of hydrogen-bond acceptors (Lipinski definition) is 4. The highest BCUT2D eigenvalue weighted by Gasteiger charge is 2.22. The van der Waals surface area contributed by atoms with Gasteiger partial charge in [-0.25, -0.2) is 9.67 Å². The zero-order chi connectivity index (χ0) is 17.8. The molecule has 1 aliphatic rings. The van der Waals surface area contributed by atoms with E-state index in [1.807, 2.05) is 47.4 Å². The van der Waals surface area contributed by atoms with Crippen LogP contribution in [-0.4, -0.2) is 51.8 Å². The molecule has 1 aliphatic heterocycles. The summed E-state index contributed by atoms with van der Waals surface area (Å²) < 4.78 is 1.76. The van der Waals surface area contributed by atoms with Crippen molar-refractivity contribution in [2.24, 2.45) is 0 Å². The Morgan fingerprint density at radius 3 is 2.31 bits per heavy atom. The summed E-state index contributed by atoms with van der Waals surface area (Å²) in [5.74, 6) is 0.102. The summed E-state index contributed by atoms with van der Waals surface area (Å²) in [5.41, 5.74) is 3.05. The molecule has 2 aromatic carbocycles. The lowest BCUT2D eigenvalue weighted by Crippen LogP contribution is -2.48. The van der Waals surface area contributed by atoms with E-state index < -0.39 is 0 Å². The molecule has 6 nitrogen and oxygen atoms in total. The first-order chi connectivity index (χ1) is 12.8. The van der Waals surface area contributed by atoms with Gasteiger partial charge in [0.2, 0.25) is 0 Å². The number of rotatable bonds is 4. The highest BCUT2D eigenvalue weighted by atomic mass is 16.2. The Morgan fingerprint density at radius 1 is 0.923 bits per heavy atom. The third-order valence-electron chi connectivity index (χ3n) is 4.70. The van der Waals surface area contributed by atoms with Crippen molar-refractivity contribution in [2.75, 3.05) is 31.1 Å². The van der Waals surface area contributed by atoms with Crippen molar-refractivity contribution >= 4 is 11.6 Å². The van der Waals surface area contributed by atoms with Crippen LogP contribution >= 0.6 is 0 Å². The van der Waals surface area contributed by atoms with Crippen LogP contribution in [0, 0.1) is 0 Å². The fraction of sp³-hybridized carbons (Fsp3) is 0.250. The first-order valence-electron chi connectivity index (χ1n) is 8.80. The number of piperazine rings is 1. The Morgan fingerprint density at radius 2 is 1.65 bits per heavy atom. The topological polar surface area (TPSA) is 54.3 Å². The normalized spacial score (nSPS) is 14.5. The van der Waals surface area contributed by atoms with Gasteiger partial charge in [0.15, 0.2) is 0 Å². The van der Waals surface area contributed by atoms with Gasteiger partial charge in [-0.05, 0) is 29.8 Å². The van der Waals surface area contributed by atoms with Crippen molar-refractivity contribution in [3.63, 3.8) is 0 Å². The van der Waals surface area contributed by atoms with Crippen molar-refractivity contribution in [2.45, 2.75) is 6.54 Å². The van der Waals surface area contributed by atoms with Gasteiger partial charge in [-0.1, -0.05) is 30.3 Å². The van der Waals surface area contributed by atoms with Crippen LogP contribution in [0.2, 0.25) is 0 Å². The molecule has 1 saturated heterocycles. The van der Waals surface area contributed by atoms with Crippen molar-refractivity contribution < 1.29 is 4.79 Å². The molecule has 1 fully saturated rings. The Bertz CT molecular complexity index is 838. The summed E-state index contributed by atoms with van der Waals surface area (Å²) >= 11 is 0. The number of carbonyl (C=O) groups is 1. The smallest absolute Gasteiger partial charge is 0.253 e. The number of carbonyl (C=O) groups excluding carboxylic acids is 1. The molecule has 1 aromatic heterocycles. The molecule has 0 saturated carbocycles. The van der Waals surface area contributed by atoms with Gasteiger partial charge >= 0.3 is 0 Å². The molecule has 0 N–H and O–H groups in total. The molecule has 2 heterocycles. The fourth-order valence-corrected chi connectivity index (χ4v) is 3.24. The zero-order valence-corrected chi connectivity index (χ0v) is 14.5. The quantitative estimate of drug-likeness (QED) is 0.727.